The van der Waals surface area contributed by atoms with Gasteiger partial charge in [-0.2, -0.15) is 0 Å². The summed E-state index contributed by atoms with van der Waals surface area (Å²) in [7, 11) is -4.02. The first-order valence-corrected chi connectivity index (χ1v) is 12.2. The van der Waals surface area contributed by atoms with E-state index < -0.39 is 14.9 Å². The van der Waals surface area contributed by atoms with Gasteiger partial charge < -0.3 is 9.73 Å². The van der Waals surface area contributed by atoms with Crippen molar-refractivity contribution in [3.05, 3.63) is 87.1 Å². The monoisotopic (exact) mass is 484 g/mol. The van der Waals surface area contributed by atoms with Crippen LogP contribution in [-0.2, 0) is 16.6 Å². The van der Waals surface area contributed by atoms with Crippen molar-refractivity contribution in [2.45, 2.75) is 25.3 Å². The Bertz CT molecular complexity index is 1410. The topological polar surface area (TPSA) is 127 Å². The summed E-state index contributed by atoms with van der Waals surface area (Å²) in [5.74, 6) is 0.468. The highest BCUT2D eigenvalue weighted by atomic mass is 32.2. The summed E-state index contributed by atoms with van der Waals surface area (Å²) in [6.45, 7) is 3.86. The van der Waals surface area contributed by atoms with E-state index in [1.807, 2.05) is 30.5 Å². The van der Waals surface area contributed by atoms with E-state index in [4.69, 9.17) is 4.42 Å². The molecule has 0 spiro atoms. The molecule has 2 heterocycles. The summed E-state index contributed by atoms with van der Waals surface area (Å²) in [5, 5.41) is 16.5. The van der Waals surface area contributed by atoms with Crippen molar-refractivity contribution in [3.63, 3.8) is 0 Å². The maximum atomic E-state index is 12.8. The molecule has 0 radical (unpaired) electrons. The standard InChI is InChI=1S/C22H20N4O5S2/c1-14-5-7-18(15(2)10-14)25-33(29,30)17-6-8-19(20(11-17)26(27)28)23-12-16-13-31-22(24-16)21-4-3-9-32-21/h3-11,13,23,25H,12H2,1-2H3. The number of benzene rings is 2. The van der Waals surface area contributed by atoms with Gasteiger partial charge in [0.2, 0.25) is 5.89 Å². The SMILES string of the molecule is Cc1ccc(NS(=O)(=O)c2ccc(NCc3coc(-c4cccs4)n3)c([N+](=O)[O-])c2)c(C)c1. The Morgan fingerprint density at radius 3 is 2.61 bits per heavy atom. The van der Waals surface area contributed by atoms with Crippen LogP contribution in [0.2, 0.25) is 0 Å². The third-order valence-electron chi connectivity index (χ3n) is 4.85. The number of aryl methyl sites for hydroxylation is 2. The van der Waals surface area contributed by atoms with Gasteiger partial charge in [-0.25, -0.2) is 13.4 Å². The molecule has 0 saturated heterocycles. The van der Waals surface area contributed by atoms with Crippen LogP contribution in [0.4, 0.5) is 17.1 Å². The maximum absolute atomic E-state index is 12.8. The summed E-state index contributed by atoms with van der Waals surface area (Å²) in [6, 6.07) is 12.8. The number of nitro benzene ring substituents is 1. The second-order valence-electron chi connectivity index (χ2n) is 7.33. The number of sulfonamides is 1. The van der Waals surface area contributed by atoms with Crippen molar-refractivity contribution < 1.29 is 17.8 Å². The number of rotatable bonds is 8. The molecule has 9 nitrogen and oxygen atoms in total. The average molecular weight is 485 g/mol. The number of nitrogens with zero attached hydrogens (tertiary/aromatic N) is 2. The number of hydrogen-bond acceptors (Lipinski definition) is 8. The highest BCUT2D eigenvalue weighted by Gasteiger charge is 2.22. The predicted molar refractivity (Wildman–Crippen MR) is 127 cm³/mol. The second-order valence-corrected chi connectivity index (χ2v) is 9.96. The molecule has 33 heavy (non-hydrogen) atoms. The summed E-state index contributed by atoms with van der Waals surface area (Å²) in [6.07, 6.45) is 1.47. The van der Waals surface area contributed by atoms with Crippen LogP contribution in [0.5, 0.6) is 0 Å². The van der Waals surface area contributed by atoms with Crippen molar-refractivity contribution in [1.82, 2.24) is 4.98 Å². The molecule has 2 N–H and O–H groups in total. The molecule has 2 aromatic heterocycles. The summed E-state index contributed by atoms with van der Waals surface area (Å²) in [5.41, 5.74) is 2.53. The molecule has 170 valence electrons. The minimum atomic E-state index is -4.02. The largest absolute Gasteiger partial charge is 0.443 e. The smallest absolute Gasteiger partial charge is 0.293 e. The zero-order valence-corrected chi connectivity index (χ0v) is 19.4. The Kier molecular flexibility index (Phi) is 6.16. The zero-order chi connectivity index (χ0) is 23.6. The van der Waals surface area contributed by atoms with Crippen molar-refractivity contribution in [1.29, 1.82) is 0 Å². The number of oxazole rings is 1. The van der Waals surface area contributed by atoms with Gasteiger partial charge in [-0.1, -0.05) is 23.8 Å². The van der Waals surface area contributed by atoms with Crippen molar-refractivity contribution in [3.8, 4) is 10.8 Å². The fourth-order valence-corrected chi connectivity index (χ4v) is 5.00. The van der Waals surface area contributed by atoms with Crippen molar-refractivity contribution in [2.24, 2.45) is 0 Å². The lowest BCUT2D eigenvalue weighted by Gasteiger charge is -2.12. The lowest BCUT2D eigenvalue weighted by atomic mass is 10.1. The number of hydrogen-bond donors (Lipinski definition) is 2. The van der Waals surface area contributed by atoms with Gasteiger partial charge in [0.05, 0.1) is 32.6 Å². The van der Waals surface area contributed by atoms with Crippen LogP contribution in [0.25, 0.3) is 10.8 Å². The predicted octanol–water partition coefficient (Wildman–Crippen LogP) is 5.34. The van der Waals surface area contributed by atoms with E-state index in [1.54, 1.807) is 19.1 Å². The Morgan fingerprint density at radius 1 is 1.12 bits per heavy atom. The molecule has 0 aliphatic heterocycles. The minimum Gasteiger partial charge on any atom is -0.443 e. The van der Waals surface area contributed by atoms with Crippen molar-refractivity contribution in [2.75, 3.05) is 10.0 Å². The van der Waals surface area contributed by atoms with E-state index in [0.29, 0.717) is 17.3 Å². The molecule has 4 aromatic rings. The average Bonchev–Trinajstić information content (AvgIpc) is 3.46. The molecule has 0 bridgehead atoms. The number of aromatic nitrogens is 1. The van der Waals surface area contributed by atoms with E-state index in [9.17, 15) is 18.5 Å². The lowest BCUT2D eigenvalue weighted by molar-refractivity contribution is -0.384. The van der Waals surface area contributed by atoms with Crippen molar-refractivity contribution >= 4 is 38.4 Å². The van der Waals surface area contributed by atoms with Gasteiger partial charge in [0.25, 0.3) is 15.7 Å². The van der Waals surface area contributed by atoms with E-state index in [2.05, 4.69) is 15.0 Å². The fraction of sp³-hybridized carbons (Fsp3) is 0.136. The summed E-state index contributed by atoms with van der Waals surface area (Å²) >= 11 is 1.49. The highest BCUT2D eigenvalue weighted by molar-refractivity contribution is 7.92. The molecule has 0 fully saturated rings. The maximum Gasteiger partial charge on any atom is 0.293 e. The molecule has 0 atom stereocenters. The molecule has 11 heteroatoms. The summed E-state index contributed by atoms with van der Waals surface area (Å²) in [4.78, 5) is 16.0. The third kappa shape index (κ3) is 5.04. The molecular weight excluding hydrogens is 464 g/mol. The molecule has 2 aromatic carbocycles. The molecule has 0 saturated carbocycles. The van der Waals surface area contributed by atoms with E-state index in [1.165, 1.54) is 29.7 Å². The van der Waals surface area contributed by atoms with Gasteiger partial charge in [-0.05, 0) is 49.1 Å². The van der Waals surface area contributed by atoms with Crippen LogP contribution in [0, 0.1) is 24.0 Å². The quantitative estimate of drug-likeness (QED) is 0.255. The van der Waals surface area contributed by atoms with Gasteiger partial charge in [0.15, 0.2) is 0 Å². The summed E-state index contributed by atoms with van der Waals surface area (Å²) < 4.78 is 33.6. The first kappa shape index (κ1) is 22.5. The molecule has 4 rings (SSSR count). The van der Waals surface area contributed by atoms with Gasteiger partial charge in [-0.3, -0.25) is 14.8 Å². The lowest BCUT2D eigenvalue weighted by Crippen LogP contribution is -2.14. The van der Waals surface area contributed by atoms with Gasteiger partial charge in [0.1, 0.15) is 12.0 Å². The molecule has 0 aliphatic carbocycles. The minimum absolute atomic E-state index is 0.169. The van der Waals surface area contributed by atoms with Crippen LogP contribution in [0.3, 0.4) is 0 Å². The zero-order valence-electron chi connectivity index (χ0n) is 17.7. The number of anilines is 2. The van der Waals surface area contributed by atoms with E-state index in [0.717, 1.165) is 22.1 Å². The molecule has 0 aliphatic rings. The molecule has 0 amide bonds. The number of nitrogens with one attached hydrogen (secondary N) is 2. The Balaban J connectivity index is 1.54. The second kappa shape index (κ2) is 9.04. The third-order valence-corrected chi connectivity index (χ3v) is 7.07. The van der Waals surface area contributed by atoms with Crippen LogP contribution < -0.4 is 10.0 Å². The Labute approximate surface area is 194 Å². The number of thiophene rings is 1. The van der Waals surface area contributed by atoms with Gasteiger partial charge in [-0.15, -0.1) is 11.3 Å². The van der Waals surface area contributed by atoms with Crippen LogP contribution >= 0.6 is 11.3 Å². The fourth-order valence-electron chi connectivity index (χ4n) is 3.20. The number of nitro groups is 1. The molecule has 0 unspecified atom stereocenters. The first-order valence-electron chi connectivity index (χ1n) is 9.83. The van der Waals surface area contributed by atoms with Gasteiger partial charge in [0, 0.05) is 6.07 Å². The van der Waals surface area contributed by atoms with E-state index in [-0.39, 0.29) is 22.8 Å². The van der Waals surface area contributed by atoms with Gasteiger partial charge >= 0.3 is 0 Å². The highest BCUT2D eigenvalue weighted by Crippen LogP contribution is 2.30. The van der Waals surface area contributed by atoms with Crippen LogP contribution in [0.15, 0.2) is 69.5 Å². The van der Waals surface area contributed by atoms with Crippen LogP contribution in [-0.4, -0.2) is 18.3 Å². The Hall–Kier alpha value is -3.70. The first-order chi connectivity index (χ1) is 15.7. The van der Waals surface area contributed by atoms with Crippen LogP contribution in [0.1, 0.15) is 16.8 Å². The Morgan fingerprint density at radius 2 is 1.91 bits per heavy atom. The molecular formula is C22H20N4O5S2. The van der Waals surface area contributed by atoms with E-state index >= 15 is 0 Å². The normalized spacial score (nSPS) is 11.3.